The maximum Gasteiger partial charge on any atom is 0.347 e. The van der Waals surface area contributed by atoms with Crippen LogP contribution >= 0.6 is 0 Å². The zero-order valence-electron chi connectivity index (χ0n) is 18.2. The van der Waals surface area contributed by atoms with Crippen molar-refractivity contribution in [2.24, 2.45) is 11.8 Å². The number of benzene rings is 1. The molecule has 5 nitrogen and oxygen atoms in total. The Morgan fingerprint density at radius 3 is 2.39 bits per heavy atom. The molecule has 158 valence electrons. The van der Waals surface area contributed by atoms with Crippen molar-refractivity contribution in [1.82, 2.24) is 0 Å². The summed E-state index contributed by atoms with van der Waals surface area (Å²) < 4.78 is 11.1. The molecular formula is C23H38N2O3. The average Bonchev–Trinajstić information content (AvgIpc) is 2.65. The molecule has 1 unspecified atom stereocenters. The summed E-state index contributed by atoms with van der Waals surface area (Å²) in [5, 5.41) is 0. The van der Waals surface area contributed by atoms with Gasteiger partial charge in [0.2, 0.25) is 0 Å². The van der Waals surface area contributed by atoms with Crippen LogP contribution in [0.15, 0.2) is 18.2 Å². The van der Waals surface area contributed by atoms with Gasteiger partial charge in [-0.1, -0.05) is 47.0 Å². The van der Waals surface area contributed by atoms with Gasteiger partial charge < -0.3 is 20.1 Å². The first-order valence-corrected chi connectivity index (χ1v) is 10.8. The predicted octanol–water partition coefficient (Wildman–Crippen LogP) is 5.03. The van der Waals surface area contributed by atoms with Crippen LogP contribution in [0.4, 0.5) is 11.4 Å². The van der Waals surface area contributed by atoms with E-state index in [-0.39, 0.29) is 11.9 Å². The largest absolute Gasteiger partial charge is 0.478 e. The summed E-state index contributed by atoms with van der Waals surface area (Å²) in [6.45, 7) is 11.5. The SMILES string of the molecule is CCOC(=O)C(Oc1ccc(N(CC(C)C)C2CCCCC2)c(N)c1)C(C)C. The van der Waals surface area contributed by atoms with Gasteiger partial charge in [0.25, 0.3) is 0 Å². The first-order valence-electron chi connectivity index (χ1n) is 10.8. The Bertz CT molecular complexity index is 624. The van der Waals surface area contributed by atoms with E-state index in [1.165, 1.54) is 32.1 Å². The molecule has 0 amide bonds. The van der Waals surface area contributed by atoms with Gasteiger partial charge in [0.1, 0.15) is 5.75 Å². The summed E-state index contributed by atoms with van der Waals surface area (Å²) in [7, 11) is 0. The van der Waals surface area contributed by atoms with Gasteiger partial charge in [0.05, 0.1) is 18.0 Å². The Kier molecular flexibility index (Phi) is 8.46. The van der Waals surface area contributed by atoms with Crippen molar-refractivity contribution in [3.63, 3.8) is 0 Å². The Hall–Kier alpha value is -1.91. The minimum Gasteiger partial charge on any atom is -0.478 e. The molecule has 1 aromatic rings. The molecule has 2 rings (SSSR count). The number of hydrogen-bond donors (Lipinski definition) is 1. The predicted molar refractivity (Wildman–Crippen MR) is 116 cm³/mol. The highest BCUT2D eigenvalue weighted by molar-refractivity contribution is 5.76. The third-order valence-electron chi connectivity index (χ3n) is 5.27. The van der Waals surface area contributed by atoms with Crippen LogP contribution in [0.2, 0.25) is 0 Å². The van der Waals surface area contributed by atoms with E-state index < -0.39 is 6.10 Å². The normalized spacial score (nSPS) is 16.2. The van der Waals surface area contributed by atoms with E-state index in [1.807, 2.05) is 32.0 Å². The fourth-order valence-electron chi connectivity index (χ4n) is 3.93. The number of carbonyl (C=O) groups is 1. The molecule has 1 saturated carbocycles. The van der Waals surface area contributed by atoms with Gasteiger partial charge in [-0.2, -0.15) is 0 Å². The topological polar surface area (TPSA) is 64.8 Å². The minimum atomic E-state index is -0.629. The number of hydrogen-bond acceptors (Lipinski definition) is 5. The first-order chi connectivity index (χ1) is 13.3. The van der Waals surface area contributed by atoms with Crippen LogP contribution < -0.4 is 15.4 Å². The van der Waals surface area contributed by atoms with Crippen LogP contribution in [0.25, 0.3) is 0 Å². The molecule has 0 radical (unpaired) electrons. The van der Waals surface area contributed by atoms with Crippen LogP contribution in [0, 0.1) is 11.8 Å². The van der Waals surface area contributed by atoms with Gasteiger partial charge in [-0.3, -0.25) is 0 Å². The van der Waals surface area contributed by atoms with Crippen LogP contribution in [0.1, 0.15) is 66.7 Å². The zero-order chi connectivity index (χ0) is 20.7. The molecule has 1 aromatic carbocycles. The molecule has 0 bridgehead atoms. The highest BCUT2D eigenvalue weighted by Gasteiger charge is 2.27. The molecule has 5 heteroatoms. The second kappa shape index (κ2) is 10.6. The lowest BCUT2D eigenvalue weighted by Gasteiger charge is -2.38. The number of nitrogens with zero attached hydrogens (tertiary/aromatic N) is 1. The van der Waals surface area contributed by atoms with E-state index in [9.17, 15) is 4.79 Å². The number of ether oxygens (including phenoxy) is 2. The molecule has 0 heterocycles. The van der Waals surface area contributed by atoms with Gasteiger partial charge in [-0.25, -0.2) is 4.79 Å². The fraction of sp³-hybridized carbons (Fsp3) is 0.696. The monoisotopic (exact) mass is 390 g/mol. The van der Waals surface area contributed by atoms with Crippen molar-refractivity contribution in [3.8, 4) is 5.75 Å². The van der Waals surface area contributed by atoms with Gasteiger partial charge in [-0.15, -0.1) is 0 Å². The molecule has 0 spiro atoms. The zero-order valence-corrected chi connectivity index (χ0v) is 18.2. The van der Waals surface area contributed by atoms with Crippen molar-refractivity contribution in [2.75, 3.05) is 23.8 Å². The van der Waals surface area contributed by atoms with Crippen molar-refractivity contribution in [1.29, 1.82) is 0 Å². The first kappa shape index (κ1) is 22.4. The molecular weight excluding hydrogens is 352 g/mol. The standard InChI is InChI=1S/C23H38N2O3/c1-6-27-23(26)22(17(4)5)28-19-12-13-21(20(24)14-19)25(15-16(2)3)18-10-8-7-9-11-18/h12-14,16-18,22H,6-11,15,24H2,1-5H3. The lowest BCUT2D eigenvalue weighted by molar-refractivity contribution is -0.153. The molecule has 1 atom stereocenters. The second-order valence-corrected chi connectivity index (χ2v) is 8.59. The molecule has 0 aliphatic heterocycles. The summed E-state index contributed by atoms with van der Waals surface area (Å²) >= 11 is 0. The Morgan fingerprint density at radius 1 is 1.18 bits per heavy atom. The minimum absolute atomic E-state index is 0.0135. The van der Waals surface area contributed by atoms with E-state index in [2.05, 4.69) is 18.7 Å². The van der Waals surface area contributed by atoms with Crippen LogP contribution in [-0.4, -0.2) is 31.3 Å². The second-order valence-electron chi connectivity index (χ2n) is 8.59. The van der Waals surface area contributed by atoms with E-state index >= 15 is 0 Å². The smallest absolute Gasteiger partial charge is 0.347 e. The molecule has 1 aliphatic rings. The van der Waals surface area contributed by atoms with Gasteiger partial charge in [-0.05, 0) is 37.8 Å². The Balaban J connectivity index is 2.21. The van der Waals surface area contributed by atoms with E-state index in [0.717, 1.165) is 12.2 Å². The highest BCUT2D eigenvalue weighted by Crippen LogP contribution is 2.34. The summed E-state index contributed by atoms with van der Waals surface area (Å²) in [6.07, 6.45) is 5.73. The number of esters is 1. The molecule has 2 N–H and O–H groups in total. The summed E-state index contributed by atoms with van der Waals surface area (Å²) in [5.74, 6) is 0.857. The Labute approximate surface area is 170 Å². The van der Waals surface area contributed by atoms with Crippen molar-refractivity contribution >= 4 is 17.3 Å². The maximum absolute atomic E-state index is 12.2. The van der Waals surface area contributed by atoms with Gasteiger partial charge in [0.15, 0.2) is 6.10 Å². The van der Waals surface area contributed by atoms with E-state index in [4.69, 9.17) is 15.2 Å². The third-order valence-corrected chi connectivity index (χ3v) is 5.27. The number of nitrogen functional groups attached to an aromatic ring is 1. The molecule has 0 aromatic heterocycles. The van der Waals surface area contributed by atoms with Crippen molar-refractivity contribution in [3.05, 3.63) is 18.2 Å². The summed E-state index contributed by atoms with van der Waals surface area (Å²) in [4.78, 5) is 14.7. The van der Waals surface area contributed by atoms with Crippen molar-refractivity contribution < 1.29 is 14.3 Å². The highest BCUT2D eigenvalue weighted by atomic mass is 16.6. The molecule has 28 heavy (non-hydrogen) atoms. The maximum atomic E-state index is 12.2. The number of nitrogens with two attached hydrogens (primary N) is 1. The van der Waals surface area contributed by atoms with Crippen LogP contribution in [-0.2, 0) is 9.53 Å². The third kappa shape index (κ3) is 6.05. The number of anilines is 2. The molecule has 0 saturated heterocycles. The Morgan fingerprint density at radius 2 is 1.86 bits per heavy atom. The fourth-order valence-corrected chi connectivity index (χ4v) is 3.93. The average molecular weight is 391 g/mol. The van der Waals surface area contributed by atoms with Crippen molar-refractivity contribution in [2.45, 2.75) is 78.9 Å². The molecule has 1 fully saturated rings. The summed E-state index contributed by atoms with van der Waals surface area (Å²) in [5.41, 5.74) is 8.23. The quantitative estimate of drug-likeness (QED) is 0.473. The van der Waals surface area contributed by atoms with Gasteiger partial charge >= 0.3 is 5.97 Å². The van der Waals surface area contributed by atoms with E-state index in [1.54, 1.807) is 6.92 Å². The van der Waals surface area contributed by atoms with E-state index in [0.29, 0.717) is 30.0 Å². The number of rotatable bonds is 9. The van der Waals surface area contributed by atoms with Crippen LogP contribution in [0.5, 0.6) is 5.75 Å². The lowest BCUT2D eigenvalue weighted by Crippen LogP contribution is -2.39. The molecule has 1 aliphatic carbocycles. The van der Waals surface area contributed by atoms with Gasteiger partial charge in [0, 0.05) is 24.6 Å². The van der Waals surface area contributed by atoms with Crippen LogP contribution in [0.3, 0.4) is 0 Å². The summed E-state index contributed by atoms with van der Waals surface area (Å²) in [6, 6.07) is 6.37. The lowest BCUT2D eigenvalue weighted by atomic mass is 9.93. The number of carbonyl (C=O) groups excluding carboxylic acids is 1.